The molecule has 84 valence electrons. The second kappa shape index (κ2) is 5.14. The van der Waals surface area contributed by atoms with Crippen LogP contribution in [0.2, 0.25) is 14.9 Å². The fourth-order valence-corrected chi connectivity index (χ4v) is 2.41. The summed E-state index contributed by atoms with van der Waals surface area (Å²) in [6, 6.07) is 3.75. The summed E-state index contributed by atoms with van der Waals surface area (Å²) in [5, 5.41) is 3.10. The molecular formula is C8H5Cl3N4S. The lowest BCUT2D eigenvalue weighted by Crippen LogP contribution is -2.03. The average Bonchev–Trinajstić information content (AvgIpc) is 2.60. The second-order valence-electron chi connectivity index (χ2n) is 2.76. The van der Waals surface area contributed by atoms with Gasteiger partial charge in [-0.3, -0.25) is 0 Å². The Morgan fingerprint density at radius 2 is 1.75 bits per heavy atom. The summed E-state index contributed by atoms with van der Waals surface area (Å²) in [5.41, 5.74) is 0. The van der Waals surface area contributed by atoms with Gasteiger partial charge in [-0.25, -0.2) is 0 Å². The van der Waals surface area contributed by atoms with Gasteiger partial charge in [0.2, 0.25) is 16.5 Å². The summed E-state index contributed by atoms with van der Waals surface area (Å²) < 4.78 is 0.739. The Kier molecular flexibility index (Phi) is 3.81. The van der Waals surface area contributed by atoms with Crippen molar-refractivity contribution in [1.82, 2.24) is 15.0 Å². The van der Waals surface area contributed by atoms with Crippen LogP contribution < -0.4 is 5.32 Å². The van der Waals surface area contributed by atoms with Crippen molar-refractivity contribution in [3.63, 3.8) is 0 Å². The van der Waals surface area contributed by atoms with Crippen molar-refractivity contribution >= 4 is 52.1 Å². The molecule has 2 aromatic heterocycles. The Hall–Kier alpha value is -0.620. The molecule has 0 aliphatic rings. The van der Waals surface area contributed by atoms with E-state index in [2.05, 4.69) is 20.3 Å². The summed E-state index contributed by atoms with van der Waals surface area (Å²) in [7, 11) is 0. The molecule has 0 saturated heterocycles. The number of nitrogens with zero attached hydrogens (tertiary/aromatic N) is 3. The van der Waals surface area contributed by atoms with Crippen molar-refractivity contribution in [2.75, 3.05) is 5.32 Å². The van der Waals surface area contributed by atoms with Gasteiger partial charge in [0.05, 0.1) is 10.9 Å². The molecule has 0 saturated carbocycles. The minimum absolute atomic E-state index is 0.0618. The maximum absolute atomic E-state index is 5.80. The molecule has 0 aromatic carbocycles. The van der Waals surface area contributed by atoms with Crippen molar-refractivity contribution < 1.29 is 0 Å². The first-order valence-electron chi connectivity index (χ1n) is 4.18. The van der Waals surface area contributed by atoms with Crippen LogP contribution >= 0.6 is 46.1 Å². The maximum atomic E-state index is 5.80. The van der Waals surface area contributed by atoms with Crippen LogP contribution in [-0.2, 0) is 6.54 Å². The largest absolute Gasteiger partial charge is 0.349 e. The smallest absolute Gasteiger partial charge is 0.228 e. The van der Waals surface area contributed by atoms with Crippen LogP contribution in [0.3, 0.4) is 0 Å². The van der Waals surface area contributed by atoms with Crippen LogP contribution in [0.5, 0.6) is 0 Å². The number of hydrogen-bond acceptors (Lipinski definition) is 5. The average molecular weight is 296 g/mol. The van der Waals surface area contributed by atoms with E-state index in [4.69, 9.17) is 34.8 Å². The topological polar surface area (TPSA) is 50.7 Å². The zero-order valence-corrected chi connectivity index (χ0v) is 10.8. The van der Waals surface area contributed by atoms with Gasteiger partial charge in [-0.05, 0) is 35.3 Å². The Labute approximate surface area is 111 Å². The molecule has 0 amide bonds. The van der Waals surface area contributed by atoms with E-state index in [9.17, 15) is 0 Å². The predicted molar refractivity (Wildman–Crippen MR) is 66.5 cm³/mol. The summed E-state index contributed by atoms with van der Waals surface area (Å²) in [6.07, 6.45) is 0. The summed E-state index contributed by atoms with van der Waals surface area (Å²) in [5.74, 6) is 0.342. The van der Waals surface area contributed by atoms with Crippen molar-refractivity contribution in [2.45, 2.75) is 6.54 Å². The highest BCUT2D eigenvalue weighted by atomic mass is 35.5. The fourth-order valence-electron chi connectivity index (χ4n) is 1.02. The van der Waals surface area contributed by atoms with Crippen LogP contribution in [0.1, 0.15) is 4.88 Å². The van der Waals surface area contributed by atoms with Crippen molar-refractivity contribution in [3.8, 4) is 0 Å². The Morgan fingerprint density at radius 3 is 2.31 bits per heavy atom. The summed E-state index contributed by atoms with van der Waals surface area (Å²) in [4.78, 5) is 12.5. The normalized spacial score (nSPS) is 10.4. The zero-order valence-electron chi connectivity index (χ0n) is 7.75. The number of nitrogens with one attached hydrogen (secondary N) is 1. The number of halogens is 3. The summed E-state index contributed by atoms with van der Waals surface area (Å²) in [6.45, 7) is 0.564. The quantitative estimate of drug-likeness (QED) is 0.941. The number of thiophene rings is 1. The first kappa shape index (κ1) is 11.9. The molecule has 1 N–H and O–H groups in total. The number of anilines is 1. The molecule has 0 atom stereocenters. The molecule has 0 unspecified atom stereocenters. The number of aromatic nitrogens is 3. The lowest BCUT2D eigenvalue weighted by molar-refractivity contribution is 1.01. The van der Waals surface area contributed by atoms with Gasteiger partial charge in [0.15, 0.2) is 0 Å². The third-order valence-electron chi connectivity index (χ3n) is 1.63. The third-order valence-corrected chi connectivity index (χ3v) is 3.20. The van der Waals surface area contributed by atoms with E-state index in [1.54, 1.807) is 0 Å². The molecule has 0 bridgehead atoms. The molecule has 0 aliphatic carbocycles. The highest BCUT2D eigenvalue weighted by Crippen LogP contribution is 2.22. The van der Waals surface area contributed by atoms with E-state index in [0.717, 1.165) is 9.21 Å². The lowest BCUT2D eigenvalue weighted by atomic mass is 10.5. The fraction of sp³-hybridized carbons (Fsp3) is 0.125. The second-order valence-corrected chi connectivity index (χ2v) is 5.23. The number of hydrogen-bond donors (Lipinski definition) is 1. The Balaban J connectivity index is 2.04. The molecule has 0 fully saturated rings. The minimum Gasteiger partial charge on any atom is -0.349 e. The van der Waals surface area contributed by atoms with E-state index in [0.29, 0.717) is 12.5 Å². The van der Waals surface area contributed by atoms with Gasteiger partial charge in [0.25, 0.3) is 0 Å². The van der Waals surface area contributed by atoms with E-state index in [-0.39, 0.29) is 10.6 Å². The van der Waals surface area contributed by atoms with Gasteiger partial charge in [0, 0.05) is 4.88 Å². The maximum Gasteiger partial charge on any atom is 0.228 e. The van der Waals surface area contributed by atoms with E-state index < -0.39 is 0 Å². The first-order valence-corrected chi connectivity index (χ1v) is 6.14. The molecule has 2 rings (SSSR count). The SMILES string of the molecule is Clc1nc(Cl)nc(NCc2ccc(Cl)s2)n1. The first-order chi connectivity index (χ1) is 7.63. The molecule has 0 radical (unpaired) electrons. The van der Waals surface area contributed by atoms with E-state index in [1.165, 1.54) is 11.3 Å². The van der Waals surface area contributed by atoms with Gasteiger partial charge in [-0.15, -0.1) is 11.3 Å². The molecule has 0 aliphatic heterocycles. The van der Waals surface area contributed by atoms with Crippen molar-refractivity contribution in [1.29, 1.82) is 0 Å². The molecule has 0 spiro atoms. The van der Waals surface area contributed by atoms with Crippen LogP contribution in [0.25, 0.3) is 0 Å². The number of rotatable bonds is 3. The lowest BCUT2D eigenvalue weighted by Gasteiger charge is -2.02. The molecular weight excluding hydrogens is 291 g/mol. The Bertz CT molecular complexity index is 482. The molecule has 2 heterocycles. The van der Waals surface area contributed by atoms with Gasteiger partial charge < -0.3 is 5.32 Å². The highest BCUT2D eigenvalue weighted by Gasteiger charge is 2.03. The third kappa shape index (κ3) is 3.18. The molecule has 8 heteroatoms. The molecule has 2 aromatic rings. The van der Waals surface area contributed by atoms with Crippen LogP contribution in [-0.4, -0.2) is 15.0 Å². The van der Waals surface area contributed by atoms with Gasteiger partial charge in [-0.1, -0.05) is 11.6 Å². The predicted octanol–water partition coefficient (Wildman–Crippen LogP) is 3.51. The van der Waals surface area contributed by atoms with Crippen molar-refractivity contribution in [3.05, 3.63) is 31.9 Å². The zero-order chi connectivity index (χ0) is 11.5. The van der Waals surface area contributed by atoms with E-state index in [1.807, 2.05) is 12.1 Å². The molecule has 16 heavy (non-hydrogen) atoms. The minimum atomic E-state index is 0.0618. The van der Waals surface area contributed by atoms with Crippen LogP contribution in [0.15, 0.2) is 12.1 Å². The monoisotopic (exact) mass is 294 g/mol. The van der Waals surface area contributed by atoms with E-state index >= 15 is 0 Å². The van der Waals surface area contributed by atoms with Crippen molar-refractivity contribution in [2.24, 2.45) is 0 Å². The van der Waals surface area contributed by atoms with Crippen LogP contribution in [0, 0.1) is 0 Å². The van der Waals surface area contributed by atoms with Gasteiger partial charge in [0.1, 0.15) is 0 Å². The van der Waals surface area contributed by atoms with Crippen LogP contribution in [0.4, 0.5) is 5.95 Å². The Morgan fingerprint density at radius 1 is 1.06 bits per heavy atom. The highest BCUT2D eigenvalue weighted by molar-refractivity contribution is 7.16. The molecule has 4 nitrogen and oxygen atoms in total. The summed E-state index contributed by atoms with van der Waals surface area (Å²) >= 11 is 18.5. The van der Waals surface area contributed by atoms with Gasteiger partial charge >= 0.3 is 0 Å². The standard InChI is InChI=1S/C8H5Cl3N4S/c9-5-2-1-4(16-5)3-12-8-14-6(10)13-7(11)15-8/h1-2H,3H2,(H,12,13,14,15). The van der Waals surface area contributed by atoms with Gasteiger partial charge in [-0.2, -0.15) is 15.0 Å².